The molecular weight excluding hydrogens is 1250 g/mol. The lowest BCUT2D eigenvalue weighted by Crippen LogP contribution is -2.54. The molecule has 6 aliphatic heterocycles. The molecule has 1 aromatic carbocycles. The second kappa shape index (κ2) is 32.8. The molecule has 0 aromatic heterocycles. The highest BCUT2D eigenvalue weighted by Crippen LogP contribution is 2.34. The molecule has 0 radical (unpaired) electrons. The van der Waals surface area contributed by atoms with Gasteiger partial charge in [0.25, 0.3) is 5.69 Å². The average Bonchev–Trinajstić information content (AvgIpc) is 1.65. The Hall–Kier alpha value is -7.78. The standard InChI is InChI=1S/C23H36N4O12S.C19H32N4O8S.C10H9NO7/c1-5-35-20(30)23(3,4)13-38-40(33,34)39-27-17-6-7-18(26(12-17)21(27)31)19(29)24-16-8-10-25(11-9-16)22(32)37-14-36-15(2)28;1-4-29-17(25)19(2,3)12-30-32(27,28)31-23-14-5-6-15(22(11-14)18(23)26)16(24)21-13-7-9-20-10-8-13;1-7(12)16-6-17-10(13)18-9-4-2-8(3-5-9)11(14)15/h16-18H,5-14H2,1-4H3,(H,24,29);13-15,20H,4-12H2,1-3H3,(H,21,24);2-5H,6H2,1H3/t17-,18+;14-,15+;/m11./s1. The minimum Gasteiger partial charge on any atom is -0.466 e. The first kappa shape index (κ1) is 73.0. The third-order valence-corrected chi connectivity index (χ3v) is 15.8. The summed E-state index contributed by atoms with van der Waals surface area (Å²) in [5, 5.41) is 20.9. The zero-order valence-corrected chi connectivity index (χ0v) is 52.6. The van der Waals surface area contributed by atoms with Gasteiger partial charge in [-0.05, 0) is 118 Å². The zero-order valence-electron chi connectivity index (χ0n) is 50.9. The highest BCUT2D eigenvalue weighted by molar-refractivity contribution is 7.82. The Kier molecular flexibility index (Phi) is 26.6. The summed E-state index contributed by atoms with van der Waals surface area (Å²) in [6, 6.07) is 0.548. The maximum absolute atomic E-state index is 13.0. The first-order valence-electron chi connectivity index (χ1n) is 28.6. The molecule has 4 atom stereocenters. The number of urea groups is 2. The maximum Gasteiger partial charge on any atom is 0.516 e. The molecule has 0 spiro atoms. The molecule has 7 amide bonds. The fourth-order valence-corrected chi connectivity index (χ4v) is 11.1. The second-order valence-corrected chi connectivity index (χ2v) is 24.6. The van der Waals surface area contributed by atoms with E-state index >= 15 is 0 Å². The molecule has 0 saturated carbocycles. The molecule has 4 bridgehead atoms. The number of rotatable bonds is 24. The fourth-order valence-electron chi connectivity index (χ4n) is 9.40. The van der Waals surface area contributed by atoms with Gasteiger partial charge in [-0.2, -0.15) is 27.0 Å². The van der Waals surface area contributed by atoms with Crippen LogP contribution < -0.4 is 20.7 Å². The number of hydrogen-bond donors (Lipinski definition) is 3. The number of esters is 4. The number of carbonyl (C=O) groups is 10. The van der Waals surface area contributed by atoms with Crippen LogP contribution in [-0.2, 0) is 94.9 Å². The average molecular weight is 1320 g/mol. The van der Waals surface area contributed by atoms with Crippen LogP contribution in [0.1, 0.15) is 107 Å². The van der Waals surface area contributed by atoms with Crippen LogP contribution in [0.3, 0.4) is 0 Å². The highest BCUT2D eigenvalue weighted by atomic mass is 32.3. The van der Waals surface area contributed by atoms with E-state index in [1.807, 2.05) is 0 Å². The molecular formula is C52H77N9O27S2. The van der Waals surface area contributed by atoms with E-state index in [-0.39, 0.29) is 61.6 Å². The van der Waals surface area contributed by atoms with Crippen LogP contribution in [0.25, 0.3) is 0 Å². The van der Waals surface area contributed by atoms with E-state index in [1.165, 1.54) is 73.6 Å². The molecule has 1 aromatic rings. The molecule has 7 rings (SSSR count). The van der Waals surface area contributed by atoms with Crippen molar-refractivity contribution in [1.82, 2.24) is 40.8 Å². The van der Waals surface area contributed by atoms with Gasteiger partial charge in [0.05, 0.1) is 54.3 Å². The summed E-state index contributed by atoms with van der Waals surface area (Å²) in [5.74, 6) is -2.98. The van der Waals surface area contributed by atoms with Crippen molar-refractivity contribution >= 4 is 86.5 Å². The summed E-state index contributed by atoms with van der Waals surface area (Å²) in [6.45, 7) is 12.2. The summed E-state index contributed by atoms with van der Waals surface area (Å²) in [6.07, 6.45) is 2.26. The van der Waals surface area contributed by atoms with E-state index in [2.05, 4.69) is 34.9 Å². The van der Waals surface area contributed by atoms with Crippen molar-refractivity contribution in [3.63, 3.8) is 0 Å². The first-order chi connectivity index (χ1) is 42.3. The Labute approximate surface area is 518 Å². The summed E-state index contributed by atoms with van der Waals surface area (Å²) in [7, 11) is -9.31. The lowest BCUT2D eigenvalue weighted by atomic mass is 9.95. The summed E-state index contributed by atoms with van der Waals surface area (Å²) < 4.78 is 102. The predicted octanol–water partition coefficient (Wildman–Crippen LogP) is 1.81. The lowest BCUT2D eigenvalue weighted by Gasteiger charge is -2.34. The summed E-state index contributed by atoms with van der Waals surface area (Å²) in [4.78, 5) is 134. The molecule has 6 aliphatic rings. The largest absolute Gasteiger partial charge is 0.516 e. The van der Waals surface area contributed by atoms with Gasteiger partial charge < -0.3 is 63.8 Å². The third-order valence-electron chi connectivity index (χ3n) is 14.3. The van der Waals surface area contributed by atoms with Gasteiger partial charge in [-0.1, -0.05) is 0 Å². The number of non-ortho nitro benzene ring substituents is 1. The number of ether oxygens (including phenoxy) is 7. The van der Waals surface area contributed by atoms with Gasteiger partial charge >= 0.3 is 69.0 Å². The lowest BCUT2D eigenvalue weighted by molar-refractivity contribution is -0.384. The molecule has 6 fully saturated rings. The topological polar surface area (TPSA) is 436 Å². The molecule has 504 valence electrons. The van der Waals surface area contributed by atoms with Crippen LogP contribution >= 0.6 is 0 Å². The number of piperidine rings is 4. The number of likely N-dealkylation sites (tertiary alicyclic amines) is 1. The van der Waals surface area contributed by atoms with Gasteiger partial charge in [0.2, 0.25) is 25.4 Å². The molecule has 38 heteroatoms. The van der Waals surface area contributed by atoms with E-state index in [1.54, 1.807) is 13.8 Å². The molecule has 3 N–H and O–H groups in total. The van der Waals surface area contributed by atoms with Crippen molar-refractivity contribution in [3.8, 4) is 5.75 Å². The SMILES string of the molecule is CC(=O)OCOC(=O)Oc1ccc([N+](=O)[O-])cc1.CCOC(=O)C(C)(C)COS(=O)(=O)ON1C(=O)N2C[C@H]1CC[C@H]2C(=O)NC1CCN(C(=O)OCOC(C)=O)CC1.CCOC(=O)C(C)(C)COS(=O)(=O)ON1C(=O)N2C[C@H]1CC[C@H]2C(=O)NC1CCNCC1. The number of nitrogens with one attached hydrogen (secondary N) is 3. The number of nitro groups is 1. The van der Waals surface area contributed by atoms with E-state index in [9.17, 15) is 74.9 Å². The van der Waals surface area contributed by atoms with E-state index in [0.29, 0.717) is 56.7 Å². The number of fused-ring (bicyclic) bond motifs is 4. The van der Waals surface area contributed by atoms with Crippen LogP contribution in [0.5, 0.6) is 5.75 Å². The minimum atomic E-state index is -4.70. The van der Waals surface area contributed by atoms with Crippen LogP contribution in [-0.4, -0.2) is 222 Å². The minimum absolute atomic E-state index is 0.0584. The Balaban J connectivity index is 0.000000263. The van der Waals surface area contributed by atoms with Gasteiger partial charge in [-0.15, -0.1) is 8.57 Å². The van der Waals surface area contributed by atoms with Gasteiger partial charge in [0, 0.05) is 64.2 Å². The van der Waals surface area contributed by atoms with E-state index in [4.69, 9.17) is 31.1 Å². The predicted molar refractivity (Wildman–Crippen MR) is 301 cm³/mol. The normalized spacial score (nSPS) is 20.2. The van der Waals surface area contributed by atoms with Crippen LogP contribution in [0.4, 0.5) is 24.9 Å². The van der Waals surface area contributed by atoms with Gasteiger partial charge in [-0.3, -0.25) is 38.9 Å². The number of nitrogens with zero attached hydrogens (tertiary/aromatic N) is 6. The molecule has 90 heavy (non-hydrogen) atoms. The molecule has 6 heterocycles. The number of nitro benzene ring substituents is 1. The van der Waals surface area contributed by atoms with E-state index < -0.39 is 136 Å². The molecule has 0 unspecified atom stereocenters. The van der Waals surface area contributed by atoms with Crippen molar-refractivity contribution in [2.75, 3.05) is 79.3 Å². The summed E-state index contributed by atoms with van der Waals surface area (Å²) >= 11 is 0. The Morgan fingerprint density at radius 3 is 1.44 bits per heavy atom. The highest BCUT2D eigenvalue weighted by Gasteiger charge is 2.52. The van der Waals surface area contributed by atoms with Crippen molar-refractivity contribution in [2.24, 2.45) is 10.8 Å². The van der Waals surface area contributed by atoms with Crippen LogP contribution in [0.15, 0.2) is 24.3 Å². The van der Waals surface area contributed by atoms with Gasteiger partial charge in [-0.25, -0.2) is 27.5 Å². The third kappa shape index (κ3) is 21.7. The number of amides is 7. The number of carbonyl (C=O) groups excluding carboxylic acids is 10. The van der Waals surface area contributed by atoms with Crippen LogP contribution in [0, 0.1) is 20.9 Å². The summed E-state index contributed by atoms with van der Waals surface area (Å²) in [5.41, 5.74) is -2.63. The Morgan fingerprint density at radius 1 is 0.611 bits per heavy atom. The number of benzene rings is 1. The maximum atomic E-state index is 13.0. The van der Waals surface area contributed by atoms with Gasteiger partial charge in [0.15, 0.2) is 0 Å². The zero-order chi connectivity index (χ0) is 66.7. The van der Waals surface area contributed by atoms with Crippen molar-refractivity contribution in [2.45, 2.75) is 143 Å². The molecule has 0 aliphatic carbocycles. The van der Waals surface area contributed by atoms with E-state index in [0.717, 1.165) is 37.9 Å². The number of hydrogen-bond acceptors (Lipinski definition) is 28. The second-order valence-electron chi connectivity index (χ2n) is 22.2. The Morgan fingerprint density at radius 2 is 1.03 bits per heavy atom. The van der Waals surface area contributed by atoms with Crippen molar-refractivity contribution in [3.05, 3.63) is 34.4 Å². The molecule has 6 saturated heterocycles. The van der Waals surface area contributed by atoms with Crippen molar-refractivity contribution < 1.29 is 120 Å². The Bertz CT molecular complexity index is 2980. The van der Waals surface area contributed by atoms with Gasteiger partial charge in [0.1, 0.15) is 17.8 Å². The van der Waals surface area contributed by atoms with Crippen molar-refractivity contribution in [1.29, 1.82) is 0 Å². The monoisotopic (exact) mass is 1320 g/mol. The fraction of sp³-hybridized carbons (Fsp3) is 0.692. The van der Waals surface area contributed by atoms with Crippen LogP contribution in [0.2, 0.25) is 0 Å². The number of hydroxylamine groups is 4. The smallest absolute Gasteiger partial charge is 0.466 e. The quantitative estimate of drug-likeness (QED) is 0.0332. The molecule has 36 nitrogen and oxygen atoms in total. The first-order valence-corrected chi connectivity index (χ1v) is 31.2.